The molecule has 0 aliphatic carbocycles. The number of ether oxygens (including phenoxy) is 2. The molecule has 0 spiro atoms. The highest BCUT2D eigenvalue weighted by molar-refractivity contribution is 5.84. The summed E-state index contributed by atoms with van der Waals surface area (Å²) in [5, 5.41) is 1.48. The SMILES string of the molecule is O=c1c(Oc2ccc3ccccc3c2)c(C(F)(F)F)oc2cc(OCc3ccccc3F)ccc12. The molecule has 35 heavy (non-hydrogen) atoms. The monoisotopic (exact) mass is 480 g/mol. The molecule has 0 saturated carbocycles. The minimum Gasteiger partial charge on any atom is -0.489 e. The van der Waals surface area contributed by atoms with Gasteiger partial charge in [-0.25, -0.2) is 4.39 Å². The highest BCUT2D eigenvalue weighted by Crippen LogP contribution is 2.39. The Bertz CT molecular complexity index is 1610. The van der Waals surface area contributed by atoms with E-state index in [0.717, 1.165) is 16.8 Å². The van der Waals surface area contributed by atoms with E-state index in [1.807, 2.05) is 12.1 Å². The van der Waals surface area contributed by atoms with Gasteiger partial charge in [-0.2, -0.15) is 13.2 Å². The Kier molecular flexibility index (Phi) is 5.64. The molecule has 0 aliphatic heterocycles. The summed E-state index contributed by atoms with van der Waals surface area (Å²) < 4.78 is 71.4. The van der Waals surface area contributed by atoms with Gasteiger partial charge in [-0.05, 0) is 41.1 Å². The van der Waals surface area contributed by atoms with E-state index in [1.54, 1.807) is 30.3 Å². The van der Waals surface area contributed by atoms with Crippen LogP contribution in [-0.2, 0) is 12.8 Å². The van der Waals surface area contributed by atoms with Crippen molar-refractivity contribution in [1.29, 1.82) is 0 Å². The first-order chi connectivity index (χ1) is 16.8. The first-order valence-electron chi connectivity index (χ1n) is 10.5. The van der Waals surface area contributed by atoms with Gasteiger partial charge in [0.25, 0.3) is 5.76 Å². The lowest BCUT2D eigenvalue weighted by Gasteiger charge is -2.14. The molecule has 4 aromatic carbocycles. The number of benzene rings is 4. The van der Waals surface area contributed by atoms with Gasteiger partial charge >= 0.3 is 6.18 Å². The summed E-state index contributed by atoms with van der Waals surface area (Å²) in [4.78, 5) is 13.0. The Labute approximate surface area is 195 Å². The molecule has 0 saturated heterocycles. The molecule has 0 fully saturated rings. The lowest BCUT2D eigenvalue weighted by molar-refractivity contribution is -0.154. The third-order valence-corrected chi connectivity index (χ3v) is 5.37. The topological polar surface area (TPSA) is 48.7 Å². The second kappa shape index (κ2) is 8.79. The van der Waals surface area contributed by atoms with Crippen LogP contribution in [0.3, 0.4) is 0 Å². The van der Waals surface area contributed by atoms with Crippen LogP contribution in [0.5, 0.6) is 17.2 Å². The molecular formula is C27H16F4O4. The standard InChI is InChI=1S/C27H16F4O4/c28-22-8-4-3-7-18(22)15-33-19-11-12-21-23(14-19)35-26(27(29,30)31)25(24(21)32)34-20-10-9-16-5-1-2-6-17(16)13-20/h1-14H,15H2. The zero-order valence-electron chi connectivity index (χ0n) is 17.9. The summed E-state index contributed by atoms with van der Waals surface area (Å²) in [6.45, 7) is -0.155. The molecule has 8 heteroatoms. The fourth-order valence-corrected chi connectivity index (χ4v) is 3.65. The average molecular weight is 480 g/mol. The van der Waals surface area contributed by atoms with Crippen LogP contribution in [0.4, 0.5) is 17.6 Å². The number of fused-ring (bicyclic) bond motifs is 2. The predicted molar refractivity (Wildman–Crippen MR) is 122 cm³/mol. The lowest BCUT2D eigenvalue weighted by Crippen LogP contribution is -2.15. The maximum atomic E-state index is 13.8. The van der Waals surface area contributed by atoms with E-state index in [2.05, 4.69) is 0 Å². The zero-order valence-corrected chi connectivity index (χ0v) is 17.9. The second-order valence-electron chi connectivity index (χ2n) is 7.74. The van der Waals surface area contributed by atoms with Gasteiger partial charge in [-0.15, -0.1) is 0 Å². The summed E-state index contributed by atoms with van der Waals surface area (Å²) in [6.07, 6.45) is -5.00. The maximum absolute atomic E-state index is 13.8. The van der Waals surface area contributed by atoms with Crippen molar-refractivity contribution in [2.75, 3.05) is 0 Å². The first-order valence-corrected chi connectivity index (χ1v) is 10.5. The summed E-state index contributed by atoms with van der Waals surface area (Å²) in [5.41, 5.74) is -1.05. The number of hydrogen-bond donors (Lipinski definition) is 0. The van der Waals surface area contributed by atoms with E-state index >= 15 is 0 Å². The molecular weight excluding hydrogens is 464 g/mol. The largest absolute Gasteiger partial charge is 0.489 e. The van der Waals surface area contributed by atoms with Gasteiger partial charge < -0.3 is 13.9 Å². The van der Waals surface area contributed by atoms with Gasteiger partial charge in [0.15, 0.2) is 0 Å². The highest BCUT2D eigenvalue weighted by Gasteiger charge is 2.40. The van der Waals surface area contributed by atoms with Gasteiger partial charge in [0, 0.05) is 11.6 Å². The molecule has 0 amide bonds. The van der Waals surface area contributed by atoms with E-state index in [4.69, 9.17) is 13.9 Å². The van der Waals surface area contributed by atoms with Crippen LogP contribution in [0.25, 0.3) is 21.7 Å². The van der Waals surface area contributed by atoms with E-state index in [-0.39, 0.29) is 34.6 Å². The van der Waals surface area contributed by atoms with Gasteiger partial charge in [0.05, 0.1) is 5.39 Å². The van der Waals surface area contributed by atoms with Gasteiger partial charge in [-0.1, -0.05) is 48.5 Å². The molecule has 0 unspecified atom stereocenters. The Hall–Kier alpha value is -4.33. The van der Waals surface area contributed by atoms with Crippen molar-refractivity contribution in [1.82, 2.24) is 0 Å². The third-order valence-electron chi connectivity index (χ3n) is 5.37. The summed E-state index contributed by atoms with van der Waals surface area (Å²) in [7, 11) is 0. The van der Waals surface area contributed by atoms with E-state index in [0.29, 0.717) is 0 Å². The van der Waals surface area contributed by atoms with Crippen LogP contribution in [0.2, 0.25) is 0 Å². The smallest absolute Gasteiger partial charge is 0.453 e. The van der Waals surface area contributed by atoms with Crippen molar-refractivity contribution in [2.45, 2.75) is 12.8 Å². The quantitative estimate of drug-likeness (QED) is 0.245. The zero-order chi connectivity index (χ0) is 24.6. The average Bonchev–Trinajstić information content (AvgIpc) is 2.84. The van der Waals surface area contributed by atoms with Crippen molar-refractivity contribution < 1.29 is 31.5 Å². The van der Waals surface area contributed by atoms with Crippen LogP contribution in [0.1, 0.15) is 11.3 Å². The summed E-state index contributed by atoms with van der Waals surface area (Å²) >= 11 is 0. The fourth-order valence-electron chi connectivity index (χ4n) is 3.65. The number of halogens is 4. The van der Waals surface area contributed by atoms with Crippen LogP contribution in [0.15, 0.2) is 94.1 Å². The van der Waals surface area contributed by atoms with Gasteiger partial charge in [-0.3, -0.25) is 4.79 Å². The Morgan fingerprint density at radius 1 is 0.800 bits per heavy atom. The molecule has 0 bridgehead atoms. The van der Waals surface area contributed by atoms with Gasteiger partial charge in [0.2, 0.25) is 11.2 Å². The van der Waals surface area contributed by atoms with E-state index in [1.165, 1.54) is 36.4 Å². The van der Waals surface area contributed by atoms with Crippen molar-refractivity contribution in [2.24, 2.45) is 0 Å². The minimum absolute atomic E-state index is 0.0608. The molecule has 5 aromatic rings. The molecule has 5 rings (SSSR count). The highest BCUT2D eigenvalue weighted by atomic mass is 19.4. The van der Waals surface area contributed by atoms with Crippen LogP contribution < -0.4 is 14.9 Å². The van der Waals surface area contributed by atoms with Crippen molar-refractivity contribution >= 4 is 21.7 Å². The Balaban J connectivity index is 1.53. The summed E-state index contributed by atoms with van der Waals surface area (Å²) in [5.74, 6) is -2.82. The van der Waals surface area contributed by atoms with Crippen molar-refractivity contribution in [3.8, 4) is 17.2 Å². The first kappa shape index (κ1) is 22.5. The van der Waals surface area contributed by atoms with E-state index < -0.39 is 28.9 Å². The molecule has 0 aliphatic rings. The van der Waals surface area contributed by atoms with E-state index in [9.17, 15) is 22.4 Å². The lowest BCUT2D eigenvalue weighted by atomic mass is 10.1. The van der Waals surface area contributed by atoms with Crippen LogP contribution in [-0.4, -0.2) is 0 Å². The normalized spacial score (nSPS) is 11.7. The van der Waals surface area contributed by atoms with Gasteiger partial charge in [0.1, 0.15) is 29.5 Å². The van der Waals surface area contributed by atoms with Crippen LogP contribution >= 0.6 is 0 Å². The maximum Gasteiger partial charge on any atom is 0.453 e. The summed E-state index contributed by atoms with van der Waals surface area (Å²) in [6, 6.07) is 21.7. The Morgan fingerprint density at radius 3 is 2.29 bits per heavy atom. The molecule has 0 atom stereocenters. The molecule has 0 radical (unpaired) electrons. The molecule has 1 aromatic heterocycles. The number of rotatable bonds is 5. The Morgan fingerprint density at radius 2 is 1.51 bits per heavy atom. The minimum atomic E-state index is -5.00. The second-order valence-corrected chi connectivity index (χ2v) is 7.74. The third kappa shape index (κ3) is 4.55. The molecule has 0 N–H and O–H groups in total. The fraction of sp³-hybridized carbons (Fsp3) is 0.0741. The van der Waals surface area contributed by atoms with Crippen LogP contribution in [0, 0.1) is 5.82 Å². The predicted octanol–water partition coefficient (Wildman–Crippen LogP) is 7.48. The van der Waals surface area contributed by atoms with Crippen molar-refractivity contribution in [3.63, 3.8) is 0 Å². The number of hydrogen-bond acceptors (Lipinski definition) is 4. The molecule has 4 nitrogen and oxygen atoms in total. The number of alkyl halides is 3. The molecule has 176 valence electrons. The molecule has 1 heterocycles. The van der Waals surface area contributed by atoms with Crippen molar-refractivity contribution in [3.05, 3.63) is 112 Å².